The monoisotopic (exact) mass is 475 g/mol. The van der Waals surface area contributed by atoms with E-state index in [1.807, 2.05) is 53.1 Å². The average molecular weight is 476 g/mol. The highest BCUT2D eigenvalue weighted by molar-refractivity contribution is 9.10. The number of fused-ring (bicyclic) bond motifs is 4. The highest BCUT2D eigenvalue weighted by Gasteiger charge is 2.22. The van der Waals surface area contributed by atoms with E-state index in [9.17, 15) is 4.79 Å². The highest BCUT2D eigenvalue weighted by atomic mass is 79.9. The number of rotatable bonds is 3. The SMILES string of the molecule is O=c1c2c3nc4ccccc4nc3n(-c3ccc(Br)cc3)c2ncn1C[C@H]1CCCO1. The second kappa shape index (κ2) is 7.25. The molecule has 4 heterocycles. The van der Waals surface area contributed by atoms with Crippen molar-refractivity contribution in [2.24, 2.45) is 0 Å². The Morgan fingerprint density at radius 1 is 1.03 bits per heavy atom. The number of benzene rings is 2. The molecular formula is C23H18BrN5O2. The van der Waals surface area contributed by atoms with Gasteiger partial charge in [0.25, 0.3) is 5.56 Å². The molecule has 6 rings (SSSR count). The van der Waals surface area contributed by atoms with E-state index in [1.54, 1.807) is 10.9 Å². The van der Waals surface area contributed by atoms with E-state index >= 15 is 0 Å². The fourth-order valence-electron chi connectivity index (χ4n) is 4.24. The standard InChI is InChI=1S/C23H18BrN5O2/c24-14-7-9-15(10-8-14)29-21-19(20-22(29)27-18-6-2-1-5-17(18)26-20)23(30)28(13-25-21)12-16-4-3-11-31-16/h1-2,5-10,13,16H,3-4,11-12H2/t16-/m1/s1. The van der Waals surface area contributed by atoms with E-state index in [1.165, 1.54) is 0 Å². The Labute approximate surface area is 185 Å². The molecule has 1 atom stereocenters. The average Bonchev–Trinajstić information content (AvgIpc) is 3.41. The first-order valence-corrected chi connectivity index (χ1v) is 11.0. The van der Waals surface area contributed by atoms with Crippen LogP contribution in [0.3, 0.4) is 0 Å². The van der Waals surface area contributed by atoms with Crippen LogP contribution in [0.15, 0.2) is 64.1 Å². The summed E-state index contributed by atoms with van der Waals surface area (Å²) in [5.74, 6) is 0. The molecular weight excluding hydrogens is 458 g/mol. The van der Waals surface area contributed by atoms with Gasteiger partial charge in [0.15, 0.2) is 11.3 Å². The largest absolute Gasteiger partial charge is 0.376 e. The highest BCUT2D eigenvalue weighted by Crippen LogP contribution is 2.29. The van der Waals surface area contributed by atoms with E-state index in [0.717, 1.165) is 40.6 Å². The minimum absolute atomic E-state index is 0.0451. The molecule has 1 aliphatic heterocycles. The van der Waals surface area contributed by atoms with E-state index in [4.69, 9.17) is 14.7 Å². The van der Waals surface area contributed by atoms with Crippen molar-refractivity contribution in [1.82, 2.24) is 24.1 Å². The molecule has 7 nitrogen and oxygen atoms in total. The third kappa shape index (κ3) is 3.05. The van der Waals surface area contributed by atoms with Gasteiger partial charge in [0.05, 0.1) is 23.7 Å². The maximum Gasteiger partial charge on any atom is 0.265 e. The summed E-state index contributed by atoms with van der Waals surface area (Å²) in [6.45, 7) is 1.24. The van der Waals surface area contributed by atoms with Gasteiger partial charge in [0.2, 0.25) is 0 Å². The predicted octanol–water partition coefficient (Wildman–Crippen LogP) is 4.23. The Morgan fingerprint density at radius 3 is 2.55 bits per heavy atom. The molecule has 1 aliphatic rings. The first kappa shape index (κ1) is 18.7. The molecule has 0 N–H and O–H groups in total. The number of aromatic nitrogens is 5. The van der Waals surface area contributed by atoms with Crippen molar-refractivity contribution in [2.75, 3.05) is 6.61 Å². The van der Waals surface area contributed by atoms with Gasteiger partial charge >= 0.3 is 0 Å². The first-order chi connectivity index (χ1) is 15.2. The van der Waals surface area contributed by atoms with Crippen LogP contribution in [0.4, 0.5) is 0 Å². The molecule has 5 aromatic rings. The zero-order valence-electron chi connectivity index (χ0n) is 16.5. The Balaban J connectivity index is 1.68. The van der Waals surface area contributed by atoms with Crippen molar-refractivity contribution in [3.63, 3.8) is 0 Å². The summed E-state index contributed by atoms with van der Waals surface area (Å²) in [6, 6.07) is 15.5. The van der Waals surface area contributed by atoms with Crippen LogP contribution in [-0.2, 0) is 11.3 Å². The molecule has 2 aromatic carbocycles. The van der Waals surface area contributed by atoms with Crippen LogP contribution >= 0.6 is 15.9 Å². The molecule has 8 heteroatoms. The van der Waals surface area contributed by atoms with Crippen LogP contribution in [0.5, 0.6) is 0 Å². The lowest BCUT2D eigenvalue weighted by Crippen LogP contribution is -2.26. The van der Waals surface area contributed by atoms with Crippen molar-refractivity contribution in [3.05, 3.63) is 69.7 Å². The van der Waals surface area contributed by atoms with E-state index in [-0.39, 0.29) is 11.7 Å². The van der Waals surface area contributed by atoms with Gasteiger partial charge < -0.3 is 4.74 Å². The molecule has 3 aromatic heterocycles. The van der Waals surface area contributed by atoms with Crippen LogP contribution in [0.25, 0.3) is 38.9 Å². The van der Waals surface area contributed by atoms with Crippen molar-refractivity contribution >= 4 is 49.2 Å². The molecule has 1 fully saturated rings. The summed E-state index contributed by atoms with van der Waals surface area (Å²) in [5.41, 5.74) is 4.02. The van der Waals surface area contributed by atoms with Crippen LogP contribution in [0, 0.1) is 0 Å². The fourth-order valence-corrected chi connectivity index (χ4v) is 4.51. The minimum atomic E-state index is -0.119. The molecule has 0 saturated carbocycles. The van der Waals surface area contributed by atoms with Gasteiger partial charge in [-0.25, -0.2) is 15.0 Å². The second-order valence-electron chi connectivity index (χ2n) is 7.73. The maximum atomic E-state index is 13.5. The number of halogens is 1. The maximum absolute atomic E-state index is 13.5. The molecule has 0 amide bonds. The third-order valence-electron chi connectivity index (χ3n) is 5.74. The third-order valence-corrected chi connectivity index (χ3v) is 6.27. The summed E-state index contributed by atoms with van der Waals surface area (Å²) >= 11 is 3.49. The van der Waals surface area contributed by atoms with Gasteiger partial charge in [-0.1, -0.05) is 28.1 Å². The van der Waals surface area contributed by atoms with Crippen molar-refractivity contribution < 1.29 is 4.74 Å². The number of nitrogens with zero attached hydrogens (tertiary/aromatic N) is 5. The summed E-state index contributed by atoms with van der Waals surface area (Å²) in [6.07, 6.45) is 3.63. The molecule has 0 radical (unpaired) electrons. The van der Waals surface area contributed by atoms with Crippen LogP contribution in [0.2, 0.25) is 0 Å². The predicted molar refractivity (Wildman–Crippen MR) is 123 cm³/mol. The fraction of sp³-hybridized carbons (Fsp3) is 0.217. The van der Waals surface area contributed by atoms with Gasteiger partial charge in [0.1, 0.15) is 17.2 Å². The summed E-state index contributed by atoms with van der Waals surface area (Å²) < 4.78 is 10.3. The number of hydrogen-bond donors (Lipinski definition) is 0. The van der Waals surface area contributed by atoms with Crippen molar-refractivity contribution in [1.29, 1.82) is 0 Å². The molecule has 31 heavy (non-hydrogen) atoms. The summed E-state index contributed by atoms with van der Waals surface area (Å²) in [5, 5.41) is 0.483. The van der Waals surface area contributed by atoms with E-state index < -0.39 is 0 Å². The Kier molecular flexibility index (Phi) is 4.36. The smallest absolute Gasteiger partial charge is 0.265 e. The Bertz CT molecular complexity index is 1500. The molecule has 0 bridgehead atoms. The summed E-state index contributed by atoms with van der Waals surface area (Å²) in [4.78, 5) is 27.9. The molecule has 0 spiro atoms. The lowest BCUT2D eigenvalue weighted by Gasteiger charge is -2.11. The minimum Gasteiger partial charge on any atom is -0.376 e. The van der Waals surface area contributed by atoms with Crippen LogP contribution in [0.1, 0.15) is 12.8 Å². The van der Waals surface area contributed by atoms with Gasteiger partial charge in [-0.3, -0.25) is 13.9 Å². The first-order valence-electron chi connectivity index (χ1n) is 10.2. The number of para-hydroxylation sites is 2. The quantitative estimate of drug-likeness (QED) is 0.390. The Hall–Kier alpha value is -3.10. The van der Waals surface area contributed by atoms with Gasteiger partial charge in [-0.15, -0.1) is 0 Å². The van der Waals surface area contributed by atoms with Crippen molar-refractivity contribution in [3.8, 4) is 5.69 Å². The molecule has 1 saturated heterocycles. The topological polar surface area (TPSA) is 74.8 Å². The lowest BCUT2D eigenvalue weighted by molar-refractivity contribution is 0.0960. The molecule has 154 valence electrons. The zero-order valence-corrected chi connectivity index (χ0v) is 18.1. The lowest BCUT2D eigenvalue weighted by atomic mass is 10.2. The number of hydrogen-bond acceptors (Lipinski definition) is 5. The van der Waals surface area contributed by atoms with Crippen LogP contribution in [-0.4, -0.2) is 36.8 Å². The second-order valence-corrected chi connectivity index (χ2v) is 8.65. The zero-order chi connectivity index (χ0) is 20.9. The molecule has 0 aliphatic carbocycles. The molecule has 0 unspecified atom stereocenters. The number of ether oxygens (including phenoxy) is 1. The van der Waals surface area contributed by atoms with E-state index in [0.29, 0.717) is 28.7 Å². The summed E-state index contributed by atoms with van der Waals surface area (Å²) in [7, 11) is 0. The van der Waals surface area contributed by atoms with Gasteiger partial charge in [-0.05, 0) is 49.2 Å². The normalized spacial score (nSPS) is 16.6. The Morgan fingerprint density at radius 2 is 1.81 bits per heavy atom. The van der Waals surface area contributed by atoms with Crippen LogP contribution < -0.4 is 5.56 Å². The van der Waals surface area contributed by atoms with Gasteiger partial charge in [-0.2, -0.15) is 0 Å². The van der Waals surface area contributed by atoms with E-state index in [2.05, 4.69) is 20.9 Å². The van der Waals surface area contributed by atoms with Gasteiger partial charge in [0, 0.05) is 16.8 Å². The van der Waals surface area contributed by atoms with Crippen molar-refractivity contribution in [2.45, 2.75) is 25.5 Å².